The van der Waals surface area contributed by atoms with Crippen LogP contribution >= 0.6 is 0 Å². The molecule has 2 fully saturated rings. The summed E-state index contributed by atoms with van der Waals surface area (Å²) in [6.45, 7) is 2.95. The Kier molecular flexibility index (Phi) is 5.63. The Morgan fingerprint density at radius 3 is 2.72 bits per heavy atom. The van der Waals surface area contributed by atoms with E-state index in [0.29, 0.717) is 36.1 Å². The molecular formula is C20H30N4O. The van der Waals surface area contributed by atoms with Gasteiger partial charge in [-0.25, -0.2) is 0 Å². The maximum Gasteiger partial charge on any atom is 0.208 e. The van der Waals surface area contributed by atoms with Crippen molar-refractivity contribution in [3.8, 4) is 0 Å². The Morgan fingerprint density at radius 2 is 2.00 bits per heavy atom. The molecule has 0 heterocycles. The summed E-state index contributed by atoms with van der Waals surface area (Å²) in [7, 11) is 0. The van der Waals surface area contributed by atoms with Crippen molar-refractivity contribution in [1.82, 2.24) is 5.43 Å². The summed E-state index contributed by atoms with van der Waals surface area (Å²) >= 11 is 0. The number of fused-ring (bicyclic) bond motifs is 1. The first-order chi connectivity index (χ1) is 12.1. The molecule has 5 heteroatoms. The molecule has 0 amide bonds. The number of nitrogens with one attached hydrogen (secondary N) is 1. The predicted molar refractivity (Wildman–Crippen MR) is 102 cm³/mol. The summed E-state index contributed by atoms with van der Waals surface area (Å²) in [4.78, 5) is 0. The molecule has 6 atom stereocenters. The van der Waals surface area contributed by atoms with E-state index in [-0.39, 0.29) is 12.1 Å². The monoisotopic (exact) mass is 342 g/mol. The average Bonchev–Trinajstić information content (AvgIpc) is 2.92. The minimum absolute atomic E-state index is 0.0395. The smallest absolute Gasteiger partial charge is 0.208 e. The fourth-order valence-corrected chi connectivity index (χ4v) is 5.01. The lowest BCUT2D eigenvalue weighted by molar-refractivity contribution is 0.0654. The van der Waals surface area contributed by atoms with Crippen LogP contribution in [0.3, 0.4) is 0 Å². The Bertz CT molecular complexity index is 611. The standard InChI is InChI=1S/C20H30N4O/c1-13-10-16(14-6-3-2-4-7-14)11-17-18(25)12-15(19(13)17)8-5-9-23-24-20(21)22/h2-8,13,15-19,23,25H,9-12H2,1H3,(H4,21,22,24)/b8-5+/t13-,15+,16+,17-,18-,19-/m1/s1. The van der Waals surface area contributed by atoms with Crippen molar-refractivity contribution in [2.75, 3.05) is 6.54 Å². The summed E-state index contributed by atoms with van der Waals surface area (Å²) < 4.78 is 0. The lowest BCUT2D eigenvalue weighted by Gasteiger charge is -2.39. The van der Waals surface area contributed by atoms with E-state index in [2.05, 4.69) is 59.9 Å². The minimum atomic E-state index is -0.195. The van der Waals surface area contributed by atoms with Gasteiger partial charge < -0.3 is 22.0 Å². The van der Waals surface area contributed by atoms with E-state index in [9.17, 15) is 5.11 Å². The van der Waals surface area contributed by atoms with Gasteiger partial charge in [0, 0.05) is 0 Å². The quantitative estimate of drug-likeness (QED) is 0.217. The highest BCUT2D eigenvalue weighted by Gasteiger charge is 2.47. The molecule has 3 rings (SSSR count). The van der Waals surface area contributed by atoms with E-state index in [1.54, 1.807) is 0 Å². The number of nitrogens with zero attached hydrogens (tertiary/aromatic N) is 1. The van der Waals surface area contributed by atoms with Gasteiger partial charge >= 0.3 is 0 Å². The normalized spacial score (nSPS) is 34.6. The van der Waals surface area contributed by atoms with Crippen LogP contribution in [-0.2, 0) is 0 Å². The van der Waals surface area contributed by atoms with Gasteiger partial charge in [0.25, 0.3) is 0 Å². The van der Waals surface area contributed by atoms with Gasteiger partial charge in [-0.2, -0.15) is 0 Å². The maximum absolute atomic E-state index is 10.6. The van der Waals surface area contributed by atoms with Crippen molar-refractivity contribution >= 4 is 5.96 Å². The molecule has 1 aromatic rings. The summed E-state index contributed by atoms with van der Waals surface area (Å²) in [5, 5.41) is 14.4. The van der Waals surface area contributed by atoms with Gasteiger partial charge in [-0.1, -0.05) is 49.4 Å². The zero-order chi connectivity index (χ0) is 17.8. The lowest BCUT2D eigenvalue weighted by atomic mass is 9.65. The van der Waals surface area contributed by atoms with Crippen LogP contribution in [0.2, 0.25) is 0 Å². The zero-order valence-electron chi connectivity index (χ0n) is 14.9. The molecule has 0 unspecified atom stereocenters. The molecule has 0 radical (unpaired) electrons. The number of benzene rings is 1. The highest BCUT2D eigenvalue weighted by Crippen LogP contribution is 2.53. The SMILES string of the molecule is C[C@@H]1C[C@H](c2ccccc2)C[C@H]2[C@H]1[C@@H](/C=C/CNN=C(N)N)C[C@H]2O. The highest BCUT2D eigenvalue weighted by molar-refractivity contribution is 5.75. The van der Waals surface area contributed by atoms with Gasteiger partial charge in [0.2, 0.25) is 5.96 Å². The molecule has 0 aromatic heterocycles. The third kappa shape index (κ3) is 4.15. The average molecular weight is 342 g/mol. The van der Waals surface area contributed by atoms with E-state index >= 15 is 0 Å². The Morgan fingerprint density at radius 1 is 1.24 bits per heavy atom. The number of allylic oxidation sites excluding steroid dienone is 1. The summed E-state index contributed by atoms with van der Waals surface area (Å²) in [5.41, 5.74) is 14.8. The first kappa shape index (κ1) is 17.8. The molecule has 0 aliphatic heterocycles. The number of hydrazone groups is 1. The largest absolute Gasteiger partial charge is 0.393 e. The number of nitrogens with two attached hydrogens (primary N) is 2. The van der Waals surface area contributed by atoms with Gasteiger partial charge in [-0.15, -0.1) is 5.10 Å². The van der Waals surface area contributed by atoms with Crippen molar-refractivity contribution in [3.05, 3.63) is 48.0 Å². The van der Waals surface area contributed by atoms with Crippen LogP contribution in [0.4, 0.5) is 0 Å². The second kappa shape index (κ2) is 7.91. The van der Waals surface area contributed by atoms with Gasteiger partial charge in [0.05, 0.1) is 12.6 Å². The number of rotatable bonds is 5. The zero-order valence-corrected chi connectivity index (χ0v) is 14.9. The van der Waals surface area contributed by atoms with Crippen LogP contribution in [0.1, 0.15) is 37.7 Å². The number of guanidine groups is 1. The number of hydrogen-bond donors (Lipinski definition) is 4. The Labute approximate surface area is 150 Å². The molecule has 0 bridgehead atoms. The van der Waals surface area contributed by atoms with Gasteiger partial charge in [-0.05, 0) is 54.4 Å². The molecule has 25 heavy (non-hydrogen) atoms. The predicted octanol–water partition coefficient (Wildman–Crippen LogP) is 2.15. The second-order valence-electron chi connectivity index (χ2n) is 7.59. The lowest BCUT2D eigenvalue weighted by Crippen LogP contribution is -2.33. The first-order valence-corrected chi connectivity index (χ1v) is 9.27. The fraction of sp³-hybridized carbons (Fsp3) is 0.550. The molecular weight excluding hydrogens is 312 g/mol. The van der Waals surface area contributed by atoms with Gasteiger partial charge in [0.1, 0.15) is 0 Å². The summed E-state index contributed by atoms with van der Waals surface area (Å²) in [6, 6.07) is 10.8. The maximum atomic E-state index is 10.6. The number of hydrogen-bond acceptors (Lipinski definition) is 3. The molecule has 6 N–H and O–H groups in total. The van der Waals surface area contributed by atoms with Crippen LogP contribution in [0.15, 0.2) is 47.6 Å². The highest BCUT2D eigenvalue weighted by atomic mass is 16.3. The van der Waals surface area contributed by atoms with Crippen LogP contribution in [0.5, 0.6) is 0 Å². The molecule has 2 aliphatic rings. The summed E-state index contributed by atoms with van der Waals surface area (Å²) in [5.74, 6) is 2.62. The van der Waals surface area contributed by atoms with Crippen molar-refractivity contribution in [1.29, 1.82) is 0 Å². The molecule has 2 saturated carbocycles. The number of aliphatic hydroxyl groups excluding tert-OH is 1. The third-order valence-corrected chi connectivity index (χ3v) is 5.94. The van der Waals surface area contributed by atoms with Crippen LogP contribution < -0.4 is 16.9 Å². The van der Waals surface area contributed by atoms with Crippen molar-refractivity contribution in [2.24, 2.45) is 40.2 Å². The molecule has 2 aliphatic carbocycles. The second-order valence-corrected chi connectivity index (χ2v) is 7.59. The molecule has 1 aromatic carbocycles. The molecule has 0 spiro atoms. The van der Waals surface area contributed by atoms with Crippen molar-refractivity contribution in [2.45, 2.75) is 38.2 Å². The first-order valence-electron chi connectivity index (χ1n) is 9.27. The molecule has 5 nitrogen and oxygen atoms in total. The Balaban J connectivity index is 1.64. The van der Waals surface area contributed by atoms with Gasteiger partial charge in [0.15, 0.2) is 0 Å². The van der Waals surface area contributed by atoms with Crippen molar-refractivity contribution in [3.63, 3.8) is 0 Å². The van der Waals surface area contributed by atoms with E-state index in [1.807, 2.05) is 0 Å². The van der Waals surface area contributed by atoms with Crippen LogP contribution in [-0.4, -0.2) is 23.7 Å². The molecule has 136 valence electrons. The van der Waals surface area contributed by atoms with Crippen LogP contribution in [0, 0.1) is 23.7 Å². The van der Waals surface area contributed by atoms with E-state index in [0.717, 1.165) is 12.8 Å². The fourth-order valence-electron chi connectivity index (χ4n) is 5.01. The number of aliphatic hydroxyl groups is 1. The van der Waals surface area contributed by atoms with Gasteiger partial charge in [-0.3, -0.25) is 0 Å². The van der Waals surface area contributed by atoms with E-state index < -0.39 is 0 Å². The molecule has 0 saturated heterocycles. The van der Waals surface area contributed by atoms with Crippen molar-refractivity contribution < 1.29 is 5.11 Å². The third-order valence-electron chi connectivity index (χ3n) is 5.94. The van der Waals surface area contributed by atoms with E-state index in [1.165, 1.54) is 12.0 Å². The topological polar surface area (TPSA) is 96.7 Å². The minimum Gasteiger partial charge on any atom is -0.393 e. The van der Waals surface area contributed by atoms with Crippen LogP contribution in [0.25, 0.3) is 0 Å². The Hall–Kier alpha value is -2.01. The van der Waals surface area contributed by atoms with E-state index in [4.69, 9.17) is 11.5 Å². The summed E-state index contributed by atoms with van der Waals surface area (Å²) in [6.07, 6.45) is 7.27.